The number of nitrogens with zero attached hydrogens (tertiary/aromatic N) is 1. The van der Waals surface area contributed by atoms with Crippen molar-refractivity contribution in [1.29, 1.82) is 0 Å². The lowest BCUT2D eigenvalue weighted by molar-refractivity contribution is -0.149. The van der Waals surface area contributed by atoms with Gasteiger partial charge in [0.05, 0.1) is 12.5 Å². The summed E-state index contributed by atoms with van der Waals surface area (Å²) in [6.45, 7) is 3.47. The highest BCUT2D eigenvalue weighted by atomic mass is 16.5. The predicted molar refractivity (Wildman–Crippen MR) is 55.2 cm³/mol. The van der Waals surface area contributed by atoms with Crippen LogP contribution in [0.15, 0.2) is 0 Å². The van der Waals surface area contributed by atoms with Crippen LogP contribution in [0.1, 0.15) is 13.3 Å². The summed E-state index contributed by atoms with van der Waals surface area (Å²) >= 11 is 0. The molecule has 1 heterocycles. The molecule has 0 spiro atoms. The van der Waals surface area contributed by atoms with Crippen LogP contribution in [0, 0.1) is 5.41 Å². The smallest absolute Gasteiger partial charge is 0.325 e. The fourth-order valence-electron chi connectivity index (χ4n) is 1.79. The number of carbonyl (C=O) groups excluding carboxylic acids is 2. The zero-order valence-electron chi connectivity index (χ0n) is 9.50. The first-order valence-electron chi connectivity index (χ1n) is 5.03. The van der Waals surface area contributed by atoms with E-state index >= 15 is 0 Å². The van der Waals surface area contributed by atoms with Crippen LogP contribution in [-0.2, 0) is 14.3 Å². The molecule has 1 N–H and O–H groups in total. The summed E-state index contributed by atoms with van der Waals surface area (Å²) in [5.74, 6) is -0.390. The van der Waals surface area contributed by atoms with Crippen molar-refractivity contribution in [2.45, 2.75) is 13.3 Å². The Kier molecular flexibility index (Phi) is 3.68. The minimum atomic E-state index is -0.389. The summed E-state index contributed by atoms with van der Waals surface area (Å²) in [5, 5.41) is 3.15. The van der Waals surface area contributed by atoms with E-state index in [0.29, 0.717) is 6.54 Å². The second kappa shape index (κ2) is 4.61. The molecule has 1 atom stereocenters. The van der Waals surface area contributed by atoms with Gasteiger partial charge in [-0.15, -0.1) is 0 Å². The van der Waals surface area contributed by atoms with E-state index < -0.39 is 0 Å². The maximum Gasteiger partial charge on any atom is 0.325 e. The van der Waals surface area contributed by atoms with Crippen LogP contribution >= 0.6 is 0 Å². The molecule has 1 aliphatic rings. The second-order valence-corrected chi connectivity index (χ2v) is 4.22. The van der Waals surface area contributed by atoms with E-state index in [1.54, 1.807) is 7.05 Å². The molecular formula is C10H18N2O3. The SMILES string of the molecule is COC(=O)CN(C)C(=O)C1(C)CCNC1. The Labute approximate surface area is 89.8 Å². The van der Waals surface area contributed by atoms with Gasteiger partial charge in [-0.25, -0.2) is 0 Å². The van der Waals surface area contributed by atoms with Crippen LogP contribution in [0.3, 0.4) is 0 Å². The quantitative estimate of drug-likeness (QED) is 0.650. The minimum absolute atomic E-state index is 0.00194. The van der Waals surface area contributed by atoms with Gasteiger partial charge in [-0.05, 0) is 19.9 Å². The number of hydrogen-bond acceptors (Lipinski definition) is 4. The van der Waals surface area contributed by atoms with Gasteiger partial charge in [0.15, 0.2) is 0 Å². The van der Waals surface area contributed by atoms with Gasteiger partial charge in [-0.3, -0.25) is 9.59 Å². The summed E-state index contributed by atoms with van der Waals surface area (Å²) in [7, 11) is 2.95. The molecule has 1 rings (SSSR count). The lowest BCUT2D eigenvalue weighted by atomic mass is 9.88. The molecular weight excluding hydrogens is 196 g/mol. The monoisotopic (exact) mass is 214 g/mol. The molecule has 0 aliphatic carbocycles. The zero-order valence-corrected chi connectivity index (χ0v) is 9.50. The average Bonchev–Trinajstić information content (AvgIpc) is 2.65. The maximum absolute atomic E-state index is 12.0. The number of esters is 1. The van der Waals surface area contributed by atoms with Crippen molar-refractivity contribution in [2.75, 3.05) is 33.8 Å². The second-order valence-electron chi connectivity index (χ2n) is 4.22. The van der Waals surface area contributed by atoms with E-state index in [4.69, 9.17) is 0 Å². The third kappa shape index (κ3) is 2.68. The molecule has 1 amide bonds. The fraction of sp³-hybridized carbons (Fsp3) is 0.800. The van der Waals surface area contributed by atoms with Crippen molar-refractivity contribution in [3.8, 4) is 0 Å². The van der Waals surface area contributed by atoms with Gasteiger partial charge in [-0.2, -0.15) is 0 Å². The van der Waals surface area contributed by atoms with Gasteiger partial charge in [-0.1, -0.05) is 0 Å². The number of rotatable bonds is 3. The van der Waals surface area contributed by atoms with Crippen molar-refractivity contribution in [3.05, 3.63) is 0 Å². The predicted octanol–water partition coefficient (Wildman–Crippen LogP) is -0.383. The Balaban J connectivity index is 2.55. The van der Waals surface area contributed by atoms with Crippen molar-refractivity contribution in [3.63, 3.8) is 0 Å². The van der Waals surface area contributed by atoms with Gasteiger partial charge in [0, 0.05) is 13.6 Å². The summed E-state index contributed by atoms with van der Waals surface area (Å²) in [4.78, 5) is 24.4. The molecule has 0 bridgehead atoms. The molecule has 0 radical (unpaired) electrons. The number of ether oxygens (including phenoxy) is 1. The highest BCUT2D eigenvalue weighted by Gasteiger charge is 2.38. The maximum atomic E-state index is 12.0. The molecule has 5 heteroatoms. The number of amides is 1. The summed E-state index contributed by atoms with van der Waals surface area (Å²) in [6.07, 6.45) is 0.817. The van der Waals surface area contributed by atoms with Crippen LogP contribution < -0.4 is 5.32 Å². The molecule has 0 aromatic rings. The molecule has 1 saturated heterocycles. The number of carbonyl (C=O) groups is 2. The first-order chi connectivity index (χ1) is 6.99. The van der Waals surface area contributed by atoms with Gasteiger partial charge in [0.25, 0.3) is 0 Å². The van der Waals surface area contributed by atoms with Crippen molar-refractivity contribution >= 4 is 11.9 Å². The van der Waals surface area contributed by atoms with Crippen molar-refractivity contribution < 1.29 is 14.3 Å². The molecule has 5 nitrogen and oxygen atoms in total. The Bertz CT molecular complexity index is 259. The normalized spacial score (nSPS) is 25.0. The van der Waals surface area contributed by atoms with Crippen molar-refractivity contribution in [2.24, 2.45) is 5.41 Å². The van der Waals surface area contributed by atoms with E-state index in [2.05, 4.69) is 10.1 Å². The Morgan fingerprint density at radius 1 is 1.53 bits per heavy atom. The molecule has 1 unspecified atom stereocenters. The van der Waals surface area contributed by atoms with Gasteiger partial charge < -0.3 is 15.0 Å². The summed E-state index contributed by atoms with van der Waals surface area (Å²) in [5.41, 5.74) is -0.372. The third-order valence-corrected chi connectivity index (χ3v) is 2.83. The van der Waals surface area contributed by atoms with Crippen LogP contribution in [-0.4, -0.2) is 50.6 Å². The standard InChI is InChI=1S/C10H18N2O3/c1-10(4-5-11-7-10)9(14)12(2)6-8(13)15-3/h11H,4-7H2,1-3H3. The highest BCUT2D eigenvalue weighted by Crippen LogP contribution is 2.26. The Hall–Kier alpha value is -1.10. The molecule has 86 valence electrons. The first kappa shape index (κ1) is 12.0. The fourth-order valence-corrected chi connectivity index (χ4v) is 1.79. The molecule has 1 fully saturated rings. The molecule has 15 heavy (non-hydrogen) atoms. The van der Waals surface area contributed by atoms with Crippen LogP contribution in [0.5, 0.6) is 0 Å². The van der Waals surface area contributed by atoms with Gasteiger partial charge in [0.2, 0.25) is 5.91 Å². The molecule has 0 aromatic carbocycles. The van der Waals surface area contributed by atoms with Gasteiger partial charge in [0.1, 0.15) is 6.54 Å². The minimum Gasteiger partial charge on any atom is -0.468 e. The number of nitrogens with one attached hydrogen (secondary N) is 1. The Morgan fingerprint density at radius 2 is 2.20 bits per heavy atom. The number of methoxy groups -OCH3 is 1. The van der Waals surface area contributed by atoms with E-state index in [9.17, 15) is 9.59 Å². The van der Waals surface area contributed by atoms with Gasteiger partial charge >= 0.3 is 5.97 Å². The third-order valence-electron chi connectivity index (χ3n) is 2.83. The highest BCUT2D eigenvalue weighted by molar-refractivity contribution is 5.86. The van der Waals surface area contributed by atoms with Crippen LogP contribution in [0.4, 0.5) is 0 Å². The lowest BCUT2D eigenvalue weighted by Gasteiger charge is -2.27. The van der Waals surface area contributed by atoms with Crippen molar-refractivity contribution in [1.82, 2.24) is 10.2 Å². The molecule has 1 aliphatic heterocycles. The van der Waals surface area contributed by atoms with Crippen LogP contribution in [0.2, 0.25) is 0 Å². The molecule has 0 saturated carbocycles. The van der Waals surface area contributed by atoms with E-state index in [0.717, 1.165) is 13.0 Å². The van der Waals surface area contributed by atoms with E-state index in [1.165, 1.54) is 12.0 Å². The zero-order chi connectivity index (χ0) is 11.5. The number of hydrogen-bond donors (Lipinski definition) is 1. The van der Waals surface area contributed by atoms with Crippen LogP contribution in [0.25, 0.3) is 0 Å². The lowest BCUT2D eigenvalue weighted by Crippen LogP contribution is -2.43. The van der Waals surface area contributed by atoms with E-state index in [-0.39, 0.29) is 23.8 Å². The first-order valence-corrected chi connectivity index (χ1v) is 5.03. The summed E-state index contributed by atoms with van der Waals surface area (Å²) < 4.78 is 4.52. The molecule has 0 aromatic heterocycles. The number of likely N-dealkylation sites (N-methyl/N-ethyl adjacent to an activating group) is 1. The largest absolute Gasteiger partial charge is 0.468 e. The Morgan fingerprint density at radius 3 is 2.67 bits per heavy atom. The summed E-state index contributed by atoms with van der Waals surface area (Å²) in [6, 6.07) is 0. The average molecular weight is 214 g/mol. The van der Waals surface area contributed by atoms with E-state index in [1.807, 2.05) is 6.92 Å². The topological polar surface area (TPSA) is 58.6 Å².